The fourth-order valence-corrected chi connectivity index (χ4v) is 1.55. The lowest BCUT2D eigenvalue weighted by atomic mass is 9.96. The zero-order chi connectivity index (χ0) is 12.6. The number of phenols is 1. The molecule has 6 heteroatoms. The SMILES string of the molecule is Cc1c(N)c(C)c(C(=O)O)c(O)c1C(=O)O. The van der Waals surface area contributed by atoms with Crippen LogP contribution < -0.4 is 5.73 Å². The van der Waals surface area contributed by atoms with Gasteiger partial charge in [0.1, 0.15) is 16.9 Å². The average molecular weight is 225 g/mol. The van der Waals surface area contributed by atoms with E-state index in [1.165, 1.54) is 13.8 Å². The fraction of sp³-hybridized carbons (Fsp3) is 0.200. The van der Waals surface area contributed by atoms with Crippen LogP contribution in [0.3, 0.4) is 0 Å². The highest BCUT2D eigenvalue weighted by Crippen LogP contribution is 2.34. The molecule has 0 aliphatic rings. The first-order valence-corrected chi connectivity index (χ1v) is 4.37. The Morgan fingerprint density at radius 2 is 1.31 bits per heavy atom. The highest BCUT2D eigenvalue weighted by atomic mass is 16.4. The number of carboxylic acid groups (broad SMARTS) is 2. The van der Waals surface area contributed by atoms with E-state index < -0.39 is 28.8 Å². The maximum Gasteiger partial charge on any atom is 0.339 e. The first-order valence-electron chi connectivity index (χ1n) is 4.37. The van der Waals surface area contributed by atoms with E-state index in [1.807, 2.05) is 0 Å². The smallest absolute Gasteiger partial charge is 0.339 e. The van der Waals surface area contributed by atoms with Gasteiger partial charge in [-0.3, -0.25) is 0 Å². The lowest BCUT2D eigenvalue weighted by molar-refractivity contribution is 0.0691. The van der Waals surface area contributed by atoms with Crippen molar-refractivity contribution >= 4 is 17.6 Å². The van der Waals surface area contributed by atoms with Gasteiger partial charge >= 0.3 is 11.9 Å². The zero-order valence-corrected chi connectivity index (χ0v) is 8.74. The molecule has 0 saturated heterocycles. The van der Waals surface area contributed by atoms with Crippen molar-refractivity contribution in [2.45, 2.75) is 13.8 Å². The van der Waals surface area contributed by atoms with Gasteiger partial charge < -0.3 is 21.1 Å². The Balaban J connectivity index is 3.80. The minimum Gasteiger partial charge on any atom is -0.506 e. The molecule has 16 heavy (non-hydrogen) atoms. The summed E-state index contributed by atoms with van der Waals surface area (Å²) in [6.45, 7) is 2.83. The molecule has 0 spiro atoms. The second-order valence-corrected chi connectivity index (χ2v) is 3.37. The molecule has 0 saturated carbocycles. The van der Waals surface area contributed by atoms with Crippen molar-refractivity contribution < 1.29 is 24.9 Å². The Kier molecular flexibility index (Phi) is 2.76. The van der Waals surface area contributed by atoms with Crippen molar-refractivity contribution in [2.24, 2.45) is 0 Å². The van der Waals surface area contributed by atoms with Crippen LogP contribution in [0.15, 0.2) is 0 Å². The standard InChI is InChI=1S/C10H11NO5/c1-3-5(9(13)14)8(12)6(10(15)16)4(2)7(3)11/h12H,11H2,1-2H3,(H,13,14)(H,15,16). The van der Waals surface area contributed by atoms with Gasteiger partial charge in [0, 0.05) is 5.69 Å². The lowest BCUT2D eigenvalue weighted by Crippen LogP contribution is -2.11. The van der Waals surface area contributed by atoms with Crippen LogP contribution in [0.1, 0.15) is 31.8 Å². The molecule has 0 aliphatic heterocycles. The number of nitrogen functional groups attached to an aromatic ring is 1. The summed E-state index contributed by atoms with van der Waals surface area (Å²) in [4.78, 5) is 21.7. The maximum atomic E-state index is 10.9. The summed E-state index contributed by atoms with van der Waals surface area (Å²) in [5.41, 5.74) is 5.03. The number of nitrogens with two attached hydrogens (primary N) is 1. The molecule has 1 aromatic carbocycles. The highest BCUT2D eigenvalue weighted by Gasteiger charge is 2.25. The van der Waals surface area contributed by atoms with E-state index in [9.17, 15) is 14.7 Å². The van der Waals surface area contributed by atoms with Crippen LogP contribution in [-0.4, -0.2) is 27.3 Å². The second-order valence-electron chi connectivity index (χ2n) is 3.37. The molecule has 0 radical (unpaired) electrons. The molecule has 0 unspecified atom stereocenters. The van der Waals surface area contributed by atoms with Gasteiger partial charge in [0.2, 0.25) is 0 Å². The molecule has 0 aromatic heterocycles. The Hall–Kier alpha value is -2.24. The third kappa shape index (κ3) is 1.54. The fourth-order valence-electron chi connectivity index (χ4n) is 1.55. The molecule has 0 fully saturated rings. The largest absolute Gasteiger partial charge is 0.506 e. The Morgan fingerprint density at radius 3 is 1.56 bits per heavy atom. The molecule has 86 valence electrons. The van der Waals surface area contributed by atoms with Gasteiger partial charge in [0.05, 0.1) is 0 Å². The minimum absolute atomic E-state index is 0.0626. The first-order chi connectivity index (χ1) is 7.29. The predicted octanol–water partition coefficient (Wildman–Crippen LogP) is 0.988. The summed E-state index contributed by atoms with van der Waals surface area (Å²) >= 11 is 0. The van der Waals surface area contributed by atoms with Crippen molar-refractivity contribution in [1.82, 2.24) is 0 Å². The quantitative estimate of drug-likeness (QED) is 0.440. The van der Waals surface area contributed by atoms with E-state index in [0.717, 1.165) is 0 Å². The molecule has 0 aliphatic carbocycles. The molecule has 1 rings (SSSR count). The number of rotatable bonds is 2. The van der Waals surface area contributed by atoms with Crippen LogP contribution >= 0.6 is 0 Å². The average Bonchev–Trinajstić information content (AvgIpc) is 2.13. The van der Waals surface area contributed by atoms with Crippen LogP contribution in [0.2, 0.25) is 0 Å². The van der Waals surface area contributed by atoms with Crippen LogP contribution in [0.4, 0.5) is 5.69 Å². The molecular formula is C10H11NO5. The molecule has 6 nitrogen and oxygen atoms in total. The van der Waals surface area contributed by atoms with E-state index in [-0.39, 0.29) is 16.8 Å². The highest BCUT2D eigenvalue weighted by molar-refractivity contribution is 6.03. The summed E-state index contributed by atoms with van der Waals surface area (Å²) in [5.74, 6) is -3.59. The van der Waals surface area contributed by atoms with Gasteiger partial charge in [-0.15, -0.1) is 0 Å². The summed E-state index contributed by atoms with van der Waals surface area (Å²) in [5, 5.41) is 27.3. The van der Waals surface area contributed by atoms with Crippen LogP contribution in [0.5, 0.6) is 5.75 Å². The summed E-state index contributed by atoms with van der Waals surface area (Å²) in [6.07, 6.45) is 0. The lowest BCUT2D eigenvalue weighted by Gasteiger charge is -2.13. The molecule has 5 N–H and O–H groups in total. The number of aromatic carboxylic acids is 2. The van der Waals surface area contributed by atoms with Crippen molar-refractivity contribution in [1.29, 1.82) is 0 Å². The number of carboxylic acids is 2. The van der Waals surface area contributed by atoms with Crippen LogP contribution in [-0.2, 0) is 0 Å². The molecule has 0 atom stereocenters. The van der Waals surface area contributed by atoms with E-state index in [4.69, 9.17) is 15.9 Å². The van der Waals surface area contributed by atoms with Gasteiger partial charge in [0.25, 0.3) is 0 Å². The van der Waals surface area contributed by atoms with E-state index in [1.54, 1.807) is 0 Å². The van der Waals surface area contributed by atoms with Crippen molar-refractivity contribution in [2.75, 3.05) is 5.73 Å². The van der Waals surface area contributed by atoms with Crippen molar-refractivity contribution in [3.63, 3.8) is 0 Å². The molecule has 0 bridgehead atoms. The Morgan fingerprint density at radius 1 is 1.00 bits per heavy atom. The summed E-state index contributed by atoms with van der Waals surface area (Å²) in [7, 11) is 0. The number of aromatic hydroxyl groups is 1. The van der Waals surface area contributed by atoms with E-state index >= 15 is 0 Å². The monoisotopic (exact) mass is 225 g/mol. The third-order valence-electron chi connectivity index (χ3n) is 2.46. The zero-order valence-electron chi connectivity index (χ0n) is 8.74. The molecule has 1 aromatic rings. The van der Waals surface area contributed by atoms with Gasteiger partial charge in [-0.05, 0) is 25.0 Å². The topological polar surface area (TPSA) is 121 Å². The van der Waals surface area contributed by atoms with Crippen molar-refractivity contribution in [3.8, 4) is 5.75 Å². The number of hydrogen-bond donors (Lipinski definition) is 4. The van der Waals surface area contributed by atoms with Crippen LogP contribution in [0.25, 0.3) is 0 Å². The second kappa shape index (κ2) is 3.73. The minimum atomic E-state index is -1.41. The summed E-state index contributed by atoms with van der Waals surface area (Å²) in [6, 6.07) is 0. The number of anilines is 1. The summed E-state index contributed by atoms with van der Waals surface area (Å²) < 4.78 is 0. The van der Waals surface area contributed by atoms with Gasteiger partial charge in [0.15, 0.2) is 0 Å². The Labute approximate surface area is 90.9 Å². The first kappa shape index (κ1) is 11.8. The van der Waals surface area contributed by atoms with Gasteiger partial charge in [-0.1, -0.05) is 0 Å². The normalized spacial score (nSPS) is 10.1. The Bertz CT molecular complexity index is 451. The van der Waals surface area contributed by atoms with E-state index in [0.29, 0.717) is 0 Å². The predicted molar refractivity (Wildman–Crippen MR) is 55.9 cm³/mol. The van der Waals surface area contributed by atoms with Crippen molar-refractivity contribution in [3.05, 3.63) is 22.3 Å². The van der Waals surface area contributed by atoms with Crippen LogP contribution in [0, 0.1) is 13.8 Å². The molecular weight excluding hydrogens is 214 g/mol. The van der Waals surface area contributed by atoms with E-state index in [2.05, 4.69) is 0 Å². The molecule has 0 amide bonds. The van der Waals surface area contributed by atoms with Gasteiger partial charge in [-0.2, -0.15) is 0 Å². The molecule has 0 heterocycles. The third-order valence-corrected chi connectivity index (χ3v) is 2.46. The number of benzene rings is 1. The maximum absolute atomic E-state index is 10.9. The number of carbonyl (C=O) groups is 2. The van der Waals surface area contributed by atoms with Gasteiger partial charge in [-0.25, -0.2) is 9.59 Å². The number of hydrogen-bond acceptors (Lipinski definition) is 4.